The van der Waals surface area contributed by atoms with E-state index in [0.717, 1.165) is 21.8 Å². The van der Waals surface area contributed by atoms with Crippen molar-refractivity contribution in [3.05, 3.63) is 46.4 Å². The molecule has 0 aliphatic carbocycles. The number of benzene rings is 2. The summed E-state index contributed by atoms with van der Waals surface area (Å²) in [5.41, 5.74) is 6.90. The molecule has 4 N–H and O–H groups in total. The van der Waals surface area contributed by atoms with Crippen molar-refractivity contribution >= 4 is 51.0 Å². The lowest BCUT2D eigenvalue weighted by Gasteiger charge is -2.14. The molecule has 0 saturated heterocycles. The molecule has 1 heterocycles. The Morgan fingerprint density at radius 3 is 2.13 bits per heavy atom. The Balaban J connectivity index is 2.08. The number of rotatable bonds is 4. The standard InChI is InChI=1S/C16H15Cl2N3O2/c17-9-1-3-14-12(5-9)13-6-10(18)2-4-15(13)21(14)8-11(22)7-20-16(19)23/h1-6,11,22H,7-8H2,(H3,19,20,23)/t11-/m1/s1. The van der Waals surface area contributed by atoms with Crippen molar-refractivity contribution in [3.63, 3.8) is 0 Å². The zero-order valence-electron chi connectivity index (χ0n) is 12.1. The summed E-state index contributed by atoms with van der Waals surface area (Å²) in [6.07, 6.45) is -0.771. The normalized spacial score (nSPS) is 12.7. The van der Waals surface area contributed by atoms with Gasteiger partial charge in [0.15, 0.2) is 0 Å². The van der Waals surface area contributed by atoms with Crippen LogP contribution in [0.4, 0.5) is 4.79 Å². The van der Waals surface area contributed by atoms with Crippen LogP contribution < -0.4 is 11.1 Å². The highest BCUT2D eigenvalue weighted by atomic mass is 35.5. The molecular weight excluding hydrogens is 337 g/mol. The van der Waals surface area contributed by atoms with Crippen molar-refractivity contribution < 1.29 is 9.90 Å². The number of carbonyl (C=O) groups excluding carboxylic acids is 1. The molecule has 0 saturated carbocycles. The third-order valence-electron chi connectivity index (χ3n) is 3.69. The summed E-state index contributed by atoms with van der Waals surface area (Å²) in [6.45, 7) is 0.390. The number of urea groups is 1. The van der Waals surface area contributed by atoms with Gasteiger partial charge in [-0.25, -0.2) is 4.79 Å². The van der Waals surface area contributed by atoms with Crippen LogP contribution in [0.1, 0.15) is 0 Å². The molecule has 7 heteroatoms. The number of nitrogens with one attached hydrogen (secondary N) is 1. The molecule has 2 aromatic carbocycles. The zero-order chi connectivity index (χ0) is 16.6. The van der Waals surface area contributed by atoms with E-state index in [1.54, 1.807) is 12.1 Å². The van der Waals surface area contributed by atoms with Gasteiger partial charge in [0.2, 0.25) is 0 Å². The van der Waals surface area contributed by atoms with Crippen LogP contribution in [0.25, 0.3) is 21.8 Å². The molecule has 1 aromatic heterocycles. The number of fused-ring (bicyclic) bond motifs is 3. The second-order valence-corrected chi connectivity index (χ2v) is 6.21. The highest BCUT2D eigenvalue weighted by Crippen LogP contribution is 2.32. The first-order valence-corrected chi connectivity index (χ1v) is 7.79. The van der Waals surface area contributed by atoms with Crippen molar-refractivity contribution in [1.29, 1.82) is 0 Å². The SMILES string of the molecule is NC(=O)NC[C@@H](O)Cn1c2ccc(Cl)cc2c2cc(Cl)ccc21. The van der Waals surface area contributed by atoms with E-state index in [9.17, 15) is 9.90 Å². The number of aromatic nitrogens is 1. The lowest BCUT2D eigenvalue weighted by molar-refractivity contribution is 0.155. The van der Waals surface area contributed by atoms with E-state index in [-0.39, 0.29) is 6.54 Å². The first-order valence-electron chi connectivity index (χ1n) is 7.04. The molecule has 3 aromatic rings. The van der Waals surface area contributed by atoms with Gasteiger partial charge in [0.1, 0.15) is 0 Å². The molecule has 0 unspecified atom stereocenters. The lowest BCUT2D eigenvalue weighted by Crippen LogP contribution is -2.37. The highest BCUT2D eigenvalue weighted by Gasteiger charge is 2.14. The van der Waals surface area contributed by atoms with Gasteiger partial charge >= 0.3 is 6.03 Å². The minimum absolute atomic E-state index is 0.0810. The predicted molar refractivity (Wildman–Crippen MR) is 93.1 cm³/mol. The Kier molecular flexibility index (Phi) is 4.35. The minimum Gasteiger partial charge on any atom is -0.389 e. The van der Waals surface area contributed by atoms with E-state index < -0.39 is 12.1 Å². The van der Waals surface area contributed by atoms with E-state index in [4.69, 9.17) is 28.9 Å². The number of carbonyl (C=O) groups is 1. The van der Waals surface area contributed by atoms with E-state index in [1.807, 2.05) is 28.8 Å². The number of amides is 2. The molecule has 0 bridgehead atoms. The molecule has 0 aliphatic heterocycles. The summed E-state index contributed by atoms with van der Waals surface area (Å²) in [4.78, 5) is 10.8. The molecule has 120 valence electrons. The second kappa shape index (κ2) is 6.28. The number of halogens is 2. The van der Waals surface area contributed by atoms with Crippen LogP contribution in [0.2, 0.25) is 10.0 Å². The smallest absolute Gasteiger partial charge is 0.312 e. The van der Waals surface area contributed by atoms with E-state index in [1.165, 1.54) is 0 Å². The molecule has 0 spiro atoms. The fourth-order valence-corrected chi connectivity index (χ4v) is 3.08. The minimum atomic E-state index is -0.771. The maximum absolute atomic E-state index is 10.8. The van der Waals surface area contributed by atoms with Crippen molar-refractivity contribution in [1.82, 2.24) is 9.88 Å². The van der Waals surface area contributed by atoms with Crippen molar-refractivity contribution in [2.75, 3.05) is 6.54 Å². The Bertz CT molecular complexity index is 833. The monoisotopic (exact) mass is 351 g/mol. The molecule has 2 amide bonds. The molecule has 23 heavy (non-hydrogen) atoms. The van der Waals surface area contributed by atoms with Gasteiger partial charge in [0.25, 0.3) is 0 Å². The number of nitrogens with zero attached hydrogens (tertiary/aromatic N) is 1. The average Bonchev–Trinajstić information content (AvgIpc) is 2.78. The summed E-state index contributed by atoms with van der Waals surface area (Å²) in [7, 11) is 0. The highest BCUT2D eigenvalue weighted by molar-refractivity contribution is 6.33. The van der Waals surface area contributed by atoms with Crippen LogP contribution in [0.5, 0.6) is 0 Å². The van der Waals surface area contributed by atoms with Gasteiger partial charge in [0, 0.05) is 38.4 Å². The third kappa shape index (κ3) is 3.22. The van der Waals surface area contributed by atoms with Gasteiger partial charge in [-0.3, -0.25) is 0 Å². The molecule has 0 aliphatic rings. The van der Waals surface area contributed by atoms with E-state index >= 15 is 0 Å². The van der Waals surface area contributed by atoms with Gasteiger partial charge in [-0.15, -0.1) is 0 Å². The average molecular weight is 352 g/mol. The molecule has 3 rings (SSSR count). The molecular formula is C16H15Cl2N3O2. The zero-order valence-corrected chi connectivity index (χ0v) is 13.6. The number of nitrogens with two attached hydrogens (primary N) is 1. The maximum atomic E-state index is 10.8. The van der Waals surface area contributed by atoms with Crippen LogP contribution in [0.15, 0.2) is 36.4 Å². The summed E-state index contributed by atoms with van der Waals surface area (Å²) >= 11 is 12.2. The molecule has 1 atom stereocenters. The second-order valence-electron chi connectivity index (χ2n) is 5.33. The van der Waals surface area contributed by atoms with Crippen molar-refractivity contribution in [2.45, 2.75) is 12.6 Å². The Morgan fingerprint density at radius 1 is 1.13 bits per heavy atom. The summed E-state index contributed by atoms with van der Waals surface area (Å²) in [6, 6.07) is 10.5. The van der Waals surface area contributed by atoms with Crippen LogP contribution in [0.3, 0.4) is 0 Å². The first kappa shape index (κ1) is 15.9. The largest absolute Gasteiger partial charge is 0.389 e. The number of aliphatic hydroxyl groups is 1. The van der Waals surface area contributed by atoms with Gasteiger partial charge in [-0.2, -0.15) is 0 Å². The fourth-order valence-electron chi connectivity index (χ4n) is 2.74. The number of hydrogen-bond acceptors (Lipinski definition) is 2. The predicted octanol–water partition coefficient (Wildman–Crippen LogP) is 3.13. The van der Waals surface area contributed by atoms with Gasteiger partial charge < -0.3 is 20.7 Å². The summed E-state index contributed by atoms with van der Waals surface area (Å²) in [5.74, 6) is 0. The number of primary amides is 1. The van der Waals surface area contributed by atoms with E-state index in [0.29, 0.717) is 16.6 Å². The van der Waals surface area contributed by atoms with Crippen LogP contribution >= 0.6 is 23.2 Å². The summed E-state index contributed by atoms with van der Waals surface area (Å²) in [5, 5.41) is 15.7. The van der Waals surface area contributed by atoms with Gasteiger partial charge in [0.05, 0.1) is 12.6 Å². The molecule has 0 fully saturated rings. The summed E-state index contributed by atoms with van der Waals surface area (Å²) < 4.78 is 1.98. The van der Waals surface area contributed by atoms with Gasteiger partial charge in [-0.1, -0.05) is 23.2 Å². The Labute approximate surface area is 142 Å². The van der Waals surface area contributed by atoms with Crippen LogP contribution in [0, 0.1) is 0 Å². The van der Waals surface area contributed by atoms with Crippen LogP contribution in [-0.2, 0) is 6.54 Å². The number of aliphatic hydroxyl groups excluding tert-OH is 1. The topological polar surface area (TPSA) is 80.3 Å². The fraction of sp³-hybridized carbons (Fsp3) is 0.188. The van der Waals surface area contributed by atoms with Crippen molar-refractivity contribution in [3.8, 4) is 0 Å². The van der Waals surface area contributed by atoms with E-state index in [2.05, 4.69) is 5.32 Å². The quantitative estimate of drug-likeness (QED) is 0.674. The van der Waals surface area contributed by atoms with Gasteiger partial charge in [-0.05, 0) is 36.4 Å². The molecule has 5 nitrogen and oxygen atoms in total. The van der Waals surface area contributed by atoms with Crippen LogP contribution in [-0.4, -0.2) is 28.4 Å². The molecule has 0 radical (unpaired) electrons. The third-order valence-corrected chi connectivity index (χ3v) is 4.16. The first-order chi connectivity index (χ1) is 11.0. The number of hydrogen-bond donors (Lipinski definition) is 3. The maximum Gasteiger partial charge on any atom is 0.312 e. The Hall–Kier alpha value is -1.95. The lowest BCUT2D eigenvalue weighted by atomic mass is 10.1. The van der Waals surface area contributed by atoms with Crippen molar-refractivity contribution in [2.24, 2.45) is 5.73 Å². The Morgan fingerprint density at radius 2 is 1.65 bits per heavy atom.